The van der Waals surface area contributed by atoms with E-state index in [1.54, 1.807) is 6.07 Å². The van der Waals surface area contributed by atoms with Gasteiger partial charge in [-0.05, 0) is 29.3 Å². The van der Waals surface area contributed by atoms with Crippen LogP contribution >= 0.6 is 0 Å². The van der Waals surface area contributed by atoms with Crippen molar-refractivity contribution in [2.75, 3.05) is 19.7 Å². The molecule has 5 heteroatoms. The Morgan fingerprint density at radius 3 is 2.96 bits per heavy atom. The number of rotatable bonds is 3. The molecule has 0 aliphatic carbocycles. The maximum Gasteiger partial charge on any atom is 0.274 e. The zero-order valence-electron chi connectivity index (χ0n) is 14.2. The van der Waals surface area contributed by atoms with Crippen LogP contribution in [0.5, 0.6) is 0 Å². The van der Waals surface area contributed by atoms with Crippen molar-refractivity contribution in [2.45, 2.75) is 19.4 Å². The Balaban J connectivity index is 1.50. The second-order valence-electron chi connectivity index (χ2n) is 6.52. The number of ether oxygens (including phenoxy) is 1. The monoisotopic (exact) mass is 335 g/mol. The van der Waals surface area contributed by atoms with Crippen molar-refractivity contribution in [1.29, 1.82) is 0 Å². The summed E-state index contributed by atoms with van der Waals surface area (Å²) in [7, 11) is 0. The summed E-state index contributed by atoms with van der Waals surface area (Å²) in [6.45, 7) is 3.65. The topological polar surface area (TPSA) is 58.2 Å². The maximum absolute atomic E-state index is 12.6. The predicted molar refractivity (Wildman–Crippen MR) is 96.6 cm³/mol. The lowest BCUT2D eigenvalue weighted by molar-refractivity contribution is -0.0208. The molecule has 1 atom stereocenters. The van der Waals surface area contributed by atoms with Gasteiger partial charge in [-0.1, -0.05) is 42.5 Å². The van der Waals surface area contributed by atoms with Crippen LogP contribution in [0.2, 0.25) is 0 Å². The highest BCUT2D eigenvalue weighted by Crippen LogP contribution is 2.22. The molecule has 5 nitrogen and oxygen atoms in total. The quantitative estimate of drug-likeness (QED) is 0.800. The van der Waals surface area contributed by atoms with E-state index in [0.29, 0.717) is 25.4 Å². The van der Waals surface area contributed by atoms with Gasteiger partial charge in [0.1, 0.15) is 5.69 Å². The van der Waals surface area contributed by atoms with Crippen molar-refractivity contribution in [3.05, 3.63) is 65.5 Å². The smallest absolute Gasteiger partial charge is 0.274 e. The highest BCUT2D eigenvalue weighted by molar-refractivity contribution is 5.92. The van der Waals surface area contributed by atoms with Gasteiger partial charge < -0.3 is 9.64 Å². The molecule has 1 saturated heterocycles. The van der Waals surface area contributed by atoms with Crippen LogP contribution in [0.25, 0.3) is 10.8 Å². The molecule has 1 aliphatic heterocycles. The number of hydrogen-bond donors (Lipinski definition) is 1. The highest BCUT2D eigenvalue weighted by atomic mass is 16.5. The Labute approximate surface area is 146 Å². The Morgan fingerprint density at radius 1 is 1.28 bits per heavy atom. The molecule has 0 radical (unpaired) electrons. The van der Waals surface area contributed by atoms with Crippen LogP contribution in [-0.4, -0.2) is 46.8 Å². The van der Waals surface area contributed by atoms with Gasteiger partial charge in [-0.25, -0.2) is 0 Å². The number of benzene rings is 2. The van der Waals surface area contributed by atoms with Gasteiger partial charge in [-0.3, -0.25) is 9.89 Å². The minimum Gasteiger partial charge on any atom is -0.374 e. The second-order valence-corrected chi connectivity index (χ2v) is 6.52. The third-order valence-electron chi connectivity index (χ3n) is 4.68. The van der Waals surface area contributed by atoms with E-state index in [1.807, 2.05) is 11.8 Å². The van der Waals surface area contributed by atoms with E-state index in [0.717, 1.165) is 12.1 Å². The van der Waals surface area contributed by atoms with Crippen molar-refractivity contribution in [1.82, 2.24) is 15.1 Å². The molecule has 1 unspecified atom stereocenters. The summed E-state index contributed by atoms with van der Waals surface area (Å²) in [5.41, 5.74) is 2.63. The largest absolute Gasteiger partial charge is 0.374 e. The number of aryl methyl sites for hydroxylation is 1. The summed E-state index contributed by atoms with van der Waals surface area (Å²) >= 11 is 0. The van der Waals surface area contributed by atoms with Gasteiger partial charge in [-0.2, -0.15) is 5.10 Å². The number of aromatic nitrogens is 2. The normalized spacial score (nSPS) is 17.8. The zero-order valence-corrected chi connectivity index (χ0v) is 14.2. The minimum atomic E-state index is -0.0319. The fourth-order valence-electron chi connectivity index (χ4n) is 3.43. The average molecular weight is 335 g/mol. The number of carbonyl (C=O) groups is 1. The van der Waals surface area contributed by atoms with Crippen molar-refractivity contribution in [3.8, 4) is 0 Å². The van der Waals surface area contributed by atoms with Crippen LogP contribution in [0, 0.1) is 6.92 Å². The number of fused-ring (bicyclic) bond motifs is 1. The fourth-order valence-corrected chi connectivity index (χ4v) is 3.43. The van der Waals surface area contributed by atoms with Crippen molar-refractivity contribution < 1.29 is 9.53 Å². The van der Waals surface area contributed by atoms with E-state index >= 15 is 0 Å². The van der Waals surface area contributed by atoms with Gasteiger partial charge in [0.05, 0.1) is 12.7 Å². The van der Waals surface area contributed by atoms with Gasteiger partial charge in [0, 0.05) is 25.2 Å². The standard InChI is InChI=1S/C20H21N3O2/c1-14-11-19(22-21-14)20(24)23-9-10-25-17(13-23)12-16-7-4-6-15-5-2-3-8-18(15)16/h2-8,11,17H,9-10,12-13H2,1H3,(H,21,22). The van der Waals surface area contributed by atoms with E-state index in [4.69, 9.17) is 4.74 Å². The zero-order chi connectivity index (χ0) is 17.2. The second kappa shape index (κ2) is 6.69. The first-order valence-electron chi connectivity index (χ1n) is 8.60. The molecule has 25 heavy (non-hydrogen) atoms. The van der Waals surface area contributed by atoms with Crippen LogP contribution in [0.4, 0.5) is 0 Å². The number of amides is 1. The number of nitrogens with one attached hydrogen (secondary N) is 1. The molecule has 1 aliphatic rings. The van der Waals surface area contributed by atoms with Crippen molar-refractivity contribution >= 4 is 16.7 Å². The Kier molecular flexibility index (Phi) is 4.24. The molecule has 0 bridgehead atoms. The summed E-state index contributed by atoms with van der Waals surface area (Å²) in [5.74, 6) is -0.0319. The first-order valence-corrected chi connectivity index (χ1v) is 8.60. The number of carbonyl (C=O) groups excluding carboxylic acids is 1. The number of nitrogens with zero attached hydrogens (tertiary/aromatic N) is 2. The summed E-state index contributed by atoms with van der Waals surface area (Å²) in [6.07, 6.45) is 0.800. The number of aromatic amines is 1. The average Bonchev–Trinajstić information content (AvgIpc) is 3.08. The van der Waals surface area contributed by atoms with Crippen LogP contribution < -0.4 is 0 Å². The van der Waals surface area contributed by atoms with Crippen LogP contribution in [0.1, 0.15) is 21.7 Å². The molecule has 1 amide bonds. The van der Waals surface area contributed by atoms with Gasteiger partial charge >= 0.3 is 0 Å². The van der Waals surface area contributed by atoms with Gasteiger partial charge in [0.25, 0.3) is 5.91 Å². The highest BCUT2D eigenvalue weighted by Gasteiger charge is 2.26. The Morgan fingerprint density at radius 2 is 2.12 bits per heavy atom. The van der Waals surface area contributed by atoms with E-state index < -0.39 is 0 Å². The summed E-state index contributed by atoms with van der Waals surface area (Å²) < 4.78 is 5.93. The predicted octanol–water partition coefficient (Wildman–Crippen LogP) is 2.96. The molecule has 2 aromatic carbocycles. The number of hydrogen-bond acceptors (Lipinski definition) is 3. The van der Waals surface area contributed by atoms with E-state index in [2.05, 4.69) is 52.7 Å². The summed E-state index contributed by atoms with van der Waals surface area (Å²) in [4.78, 5) is 14.5. The molecule has 1 N–H and O–H groups in total. The van der Waals surface area contributed by atoms with E-state index in [1.165, 1.54) is 16.3 Å². The maximum atomic E-state index is 12.6. The molecule has 4 rings (SSSR count). The summed E-state index contributed by atoms with van der Waals surface area (Å²) in [5, 5.41) is 9.40. The molecule has 1 aromatic heterocycles. The lowest BCUT2D eigenvalue weighted by Gasteiger charge is -2.32. The number of morpholine rings is 1. The Bertz CT molecular complexity index is 897. The molecular weight excluding hydrogens is 314 g/mol. The van der Waals surface area contributed by atoms with Crippen molar-refractivity contribution in [2.24, 2.45) is 0 Å². The lowest BCUT2D eigenvalue weighted by Crippen LogP contribution is -2.46. The molecule has 1 fully saturated rings. The van der Waals surface area contributed by atoms with Gasteiger partial charge in [0.2, 0.25) is 0 Å². The molecule has 2 heterocycles. The Hall–Kier alpha value is -2.66. The van der Waals surface area contributed by atoms with Crippen LogP contribution in [-0.2, 0) is 11.2 Å². The number of H-pyrrole nitrogens is 1. The molecule has 0 spiro atoms. The lowest BCUT2D eigenvalue weighted by atomic mass is 9.99. The minimum absolute atomic E-state index is 0.00328. The first kappa shape index (κ1) is 15.8. The van der Waals surface area contributed by atoms with Gasteiger partial charge in [-0.15, -0.1) is 0 Å². The first-order chi connectivity index (χ1) is 12.2. The van der Waals surface area contributed by atoms with Crippen molar-refractivity contribution in [3.63, 3.8) is 0 Å². The van der Waals surface area contributed by atoms with Crippen LogP contribution in [0.15, 0.2) is 48.5 Å². The molecule has 0 saturated carbocycles. The van der Waals surface area contributed by atoms with E-state index in [9.17, 15) is 4.79 Å². The molecule has 128 valence electrons. The molecule has 3 aromatic rings. The van der Waals surface area contributed by atoms with Gasteiger partial charge in [0.15, 0.2) is 0 Å². The van der Waals surface area contributed by atoms with E-state index in [-0.39, 0.29) is 12.0 Å². The summed E-state index contributed by atoms with van der Waals surface area (Å²) in [6, 6.07) is 16.5. The molecular formula is C20H21N3O2. The third kappa shape index (κ3) is 3.28. The third-order valence-corrected chi connectivity index (χ3v) is 4.68. The SMILES string of the molecule is Cc1cc(C(=O)N2CCOC(Cc3cccc4ccccc34)C2)n[nH]1. The van der Waals surface area contributed by atoms with Crippen LogP contribution in [0.3, 0.4) is 0 Å². The fraction of sp³-hybridized carbons (Fsp3) is 0.300.